The van der Waals surface area contributed by atoms with Crippen LogP contribution in [0.25, 0.3) is 0 Å². The molecule has 0 amide bonds. The van der Waals surface area contributed by atoms with E-state index in [4.69, 9.17) is 37.0 Å². The summed E-state index contributed by atoms with van der Waals surface area (Å²) in [6.07, 6.45) is 101. The molecule has 5 unspecified atom stereocenters. The molecule has 0 saturated heterocycles. The minimum atomic E-state index is -5.03. The third kappa shape index (κ3) is 77.3. The fraction of sp³-hybridized carbons (Fsp3) is 0.528. The number of phosphoric ester groups is 2. The van der Waals surface area contributed by atoms with Gasteiger partial charge in [-0.3, -0.25) is 37.3 Å². The summed E-state index contributed by atoms with van der Waals surface area (Å²) >= 11 is 0. The number of unbranched alkanes of at least 4 members (excludes halogenated alkanes) is 7. The molecule has 3 N–H and O–H groups in total. The minimum absolute atomic E-state index is 0.00841. The third-order valence-electron chi connectivity index (χ3n) is 15.1. The van der Waals surface area contributed by atoms with E-state index >= 15 is 0 Å². The van der Waals surface area contributed by atoms with E-state index in [0.29, 0.717) is 38.5 Å². The lowest BCUT2D eigenvalue weighted by molar-refractivity contribution is -0.161. The van der Waals surface area contributed by atoms with E-state index in [2.05, 4.69) is 222 Å². The molecule has 0 aromatic carbocycles. The maximum Gasteiger partial charge on any atom is 0.472 e. The SMILES string of the molecule is CC/C=C\C/C=C\C/C=C\C/C=C\C/C=C\C/C=C\CCC(=O)OCC(COP(=O)(O)OCC(O)COP(=O)(O)OCC(COC(=O)CCCC/C=C\C/C=C\C/C=C\C/C=C\CC)OC(=O)CCCCCCC/C=C\C/C=C\C/C=C\CC)OC(=O)CC/C=C\C/C=C\C/C=C\C/C=C\C/C=C\C/C=C\CC. The Hall–Kier alpha value is -6.88. The highest BCUT2D eigenvalue weighted by Crippen LogP contribution is 2.45. The first-order valence-corrected chi connectivity index (χ1v) is 42.6. The number of ether oxygens (including phenoxy) is 4. The molecule has 0 aliphatic rings. The molecule has 5 atom stereocenters. The zero-order valence-corrected chi connectivity index (χ0v) is 67.7. The Balaban J connectivity index is 5.59. The highest BCUT2D eigenvalue weighted by atomic mass is 31.2. The van der Waals surface area contributed by atoms with Gasteiger partial charge in [0.05, 0.1) is 26.4 Å². The molecular formula is C89H136O17P2. The van der Waals surface area contributed by atoms with Gasteiger partial charge in [-0.1, -0.05) is 278 Å². The molecule has 0 rings (SSSR count). The lowest BCUT2D eigenvalue weighted by Crippen LogP contribution is -2.30. The third-order valence-corrected chi connectivity index (χ3v) is 17.0. The van der Waals surface area contributed by atoms with Gasteiger partial charge >= 0.3 is 39.5 Å². The molecule has 604 valence electrons. The van der Waals surface area contributed by atoms with Gasteiger partial charge in [-0.15, -0.1) is 0 Å². The van der Waals surface area contributed by atoms with Crippen LogP contribution in [0.1, 0.15) is 246 Å². The highest BCUT2D eigenvalue weighted by molar-refractivity contribution is 7.47. The molecule has 0 aliphatic heterocycles. The van der Waals surface area contributed by atoms with E-state index < -0.39 is 97.5 Å². The molecule has 0 aromatic rings. The summed E-state index contributed by atoms with van der Waals surface area (Å²) in [5, 5.41) is 10.6. The van der Waals surface area contributed by atoms with Crippen LogP contribution in [-0.2, 0) is 65.4 Å². The van der Waals surface area contributed by atoms with Gasteiger partial charge in [0.1, 0.15) is 19.3 Å². The Morgan fingerprint density at radius 3 is 0.787 bits per heavy atom. The Morgan fingerprint density at radius 2 is 0.472 bits per heavy atom. The van der Waals surface area contributed by atoms with Crippen LogP contribution in [0, 0.1) is 0 Å². The first-order chi connectivity index (χ1) is 52.7. The van der Waals surface area contributed by atoms with Crippen molar-refractivity contribution in [2.75, 3.05) is 39.6 Å². The van der Waals surface area contributed by atoms with Gasteiger partial charge in [0.2, 0.25) is 0 Å². The topological polar surface area (TPSA) is 237 Å². The van der Waals surface area contributed by atoms with Gasteiger partial charge < -0.3 is 33.8 Å². The summed E-state index contributed by atoms with van der Waals surface area (Å²) in [6, 6.07) is 0. The highest BCUT2D eigenvalue weighted by Gasteiger charge is 2.30. The number of hydrogen-bond donors (Lipinski definition) is 3. The van der Waals surface area contributed by atoms with Crippen LogP contribution < -0.4 is 0 Å². The van der Waals surface area contributed by atoms with E-state index in [9.17, 15) is 43.2 Å². The smallest absolute Gasteiger partial charge is 0.462 e. The van der Waals surface area contributed by atoms with Crippen LogP contribution in [0.3, 0.4) is 0 Å². The second-order valence-corrected chi connectivity index (χ2v) is 28.0. The predicted octanol–water partition coefficient (Wildman–Crippen LogP) is 23.4. The van der Waals surface area contributed by atoms with E-state index in [0.717, 1.165) is 154 Å². The van der Waals surface area contributed by atoms with Gasteiger partial charge in [0, 0.05) is 25.7 Å². The summed E-state index contributed by atoms with van der Waals surface area (Å²) in [4.78, 5) is 73.0. The van der Waals surface area contributed by atoms with E-state index in [1.165, 1.54) is 0 Å². The molecule has 17 nitrogen and oxygen atoms in total. The van der Waals surface area contributed by atoms with Crippen molar-refractivity contribution in [3.63, 3.8) is 0 Å². The number of phosphoric acid groups is 2. The van der Waals surface area contributed by atoms with E-state index in [-0.39, 0.29) is 25.7 Å². The second kappa shape index (κ2) is 78.2. The van der Waals surface area contributed by atoms with Crippen molar-refractivity contribution in [2.24, 2.45) is 0 Å². The molecule has 108 heavy (non-hydrogen) atoms. The van der Waals surface area contributed by atoms with E-state index in [1.54, 1.807) is 0 Å². The van der Waals surface area contributed by atoms with Crippen molar-refractivity contribution >= 4 is 39.5 Å². The van der Waals surface area contributed by atoms with Crippen LogP contribution in [-0.4, -0.2) is 96.7 Å². The maximum absolute atomic E-state index is 13.1. The lowest BCUT2D eigenvalue weighted by Gasteiger charge is -2.21. The van der Waals surface area contributed by atoms with Crippen molar-refractivity contribution in [1.82, 2.24) is 0 Å². The summed E-state index contributed by atoms with van der Waals surface area (Å²) < 4.78 is 68.4. The molecule has 0 heterocycles. The van der Waals surface area contributed by atoms with Gasteiger partial charge in [0.15, 0.2) is 12.2 Å². The molecule has 0 fully saturated rings. The summed E-state index contributed by atoms with van der Waals surface area (Å²) in [7, 11) is -10.1. The lowest BCUT2D eigenvalue weighted by atomic mass is 10.1. The Kier molecular flexibility index (Phi) is 73.3. The van der Waals surface area contributed by atoms with Crippen molar-refractivity contribution in [3.05, 3.63) is 231 Å². The van der Waals surface area contributed by atoms with Crippen LogP contribution in [0.5, 0.6) is 0 Å². The van der Waals surface area contributed by atoms with Crippen molar-refractivity contribution in [1.29, 1.82) is 0 Å². The van der Waals surface area contributed by atoms with Crippen LogP contribution in [0.15, 0.2) is 231 Å². The number of carbonyl (C=O) groups excluding carboxylic acids is 4. The number of esters is 4. The number of allylic oxidation sites excluding steroid dienone is 38. The molecule has 0 spiro atoms. The zero-order valence-electron chi connectivity index (χ0n) is 65.9. The summed E-state index contributed by atoms with van der Waals surface area (Å²) in [6.45, 7) is 4.12. The fourth-order valence-electron chi connectivity index (χ4n) is 9.27. The number of aliphatic hydroxyl groups excluding tert-OH is 1. The standard InChI is InChI=1S/C89H136O17P2/c1-5-9-13-17-21-25-29-33-37-39-41-43-47-50-54-58-62-66-70-74-87(92)100-80-85(106-89(94)76-72-68-64-60-56-52-48-44-42-40-38-34-30-26-22-18-14-10-6-2)82-104-108(97,98)102-78-83(90)77-101-107(95,96)103-81-84(105-88(93)75-71-67-63-59-55-51-46-36-32-28-24-20-16-12-8-4)79-99-86(91)73-69-65-61-57-53-49-45-35-31-27-23-19-15-11-7-3/h9-16,21-28,33-38,41-46,50,52-54,56-57,62,64,66,68,83-85,90H,5-8,17-20,29-32,39-40,47-49,51,55,58-61,63,65,67,69-82H2,1-4H3,(H,95,96)(H,97,98)/b13-9-,14-10-,15-11-,16-12-,25-21-,26-22-,27-23-,28-24-,37-33-,38-34-,43-41-,44-42-,45-35-,46-36-,54-50-,56-52-,57-53-,66-62-,68-64-. The molecule has 0 bridgehead atoms. The Bertz CT molecular complexity index is 2960. The first-order valence-electron chi connectivity index (χ1n) is 39.6. The van der Waals surface area contributed by atoms with Gasteiger partial charge in [-0.05, 0) is 173 Å². The molecule has 0 aliphatic carbocycles. The summed E-state index contributed by atoms with van der Waals surface area (Å²) in [5.41, 5.74) is 0. The molecular weight excluding hydrogens is 1400 g/mol. The number of rotatable bonds is 71. The van der Waals surface area contributed by atoms with Crippen molar-refractivity contribution < 1.29 is 80.2 Å². The van der Waals surface area contributed by atoms with Crippen molar-refractivity contribution in [3.8, 4) is 0 Å². The van der Waals surface area contributed by atoms with E-state index in [1.807, 2.05) is 36.5 Å². The minimum Gasteiger partial charge on any atom is -0.462 e. The van der Waals surface area contributed by atoms with Gasteiger partial charge in [0.25, 0.3) is 0 Å². The monoisotopic (exact) mass is 1540 g/mol. The first kappa shape index (κ1) is 101. The second-order valence-electron chi connectivity index (χ2n) is 25.1. The fourth-order valence-corrected chi connectivity index (χ4v) is 10.9. The number of hydrogen-bond acceptors (Lipinski definition) is 15. The number of aliphatic hydroxyl groups is 1. The molecule has 0 aromatic heterocycles. The predicted molar refractivity (Wildman–Crippen MR) is 444 cm³/mol. The summed E-state index contributed by atoms with van der Waals surface area (Å²) in [5.74, 6) is -2.47. The number of carbonyl (C=O) groups is 4. The zero-order chi connectivity index (χ0) is 78.9. The quantitative estimate of drug-likeness (QED) is 0.0169. The van der Waals surface area contributed by atoms with Crippen LogP contribution in [0.2, 0.25) is 0 Å². The molecule has 19 heteroatoms. The van der Waals surface area contributed by atoms with Gasteiger partial charge in [-0.25, -0.2) is 9.13 Å². The van der Waals surface area contributed by atoms with Crippen molar-refractivity contribution in [2.45, 2.75) is 264 Å². The Labute approximate surface area is 651 Å². The average Bonchev–Trinajstić information content (AvgIpc) is 0.896. The van der Waals surface area contributed by atoms with Crippen LogP contribution in [0.4, 0.5) is 0 Å². The van der Waals surface area contributed by atoms with Crippen LogP contribution >= 0.6 is 15.6 Å². The Morgan fingerprint density at radius 1 is 0.259 bits per heavy atom. The average molecular weight is 1540 g/mol. The molecule has 0 saturated carbocycles. The molecule has 0 radical (unpaired) electrons. The normalized spacial score (nSPS) is 15.1. The largest absolute Gasteiger partial charge is 0.472 e. The maximum atomic E-state index is 13.1. The van der Waals surface area contributed by atoms with Gasteiger partial charge in [-0.2, -0.15) is 0 Å².